The third-order valence-electron chi connectivity index (χ3n) is 4.81. The number of anilines is 1. The van der Waals surface area contributed by atoms with Gasteiger partial charge in [0.2, 0.25) is 15.9 Å². The molecule has 1 aliphatic rings. The zero-order valence-electron chi connectivity index (χ0n) is 17.1. The van der Waals surface area contributed by atoms with Crippen LogP contribution < -0.4 is 10.6 Å². The predicted molar refractivity (Wildman–Crippen MR) is 110 cm³/mol. The highest BCUT2D eigenvalue weighted by atomic mass is 32.2. The van der Waals surface area contributed by atoms with Gasteiger partial charge in [-0.2, -0.15) is 9.40 Å². The Morgan fingerprint density at radius 1 is 1.20 bits per heavy atom. The summed E-state index contributed by atoms with van der Waals surface area (Å²) in [5.74, 6) is -0.646. The summed E-state index contributed by atoms with van der Waals surface area (Å²) in [6.45, 7) is 4.36. The Kier molecular flexibility index (Phi) is 6.54. The number of hydrogen-bond acceptors (Lipinski definition) is 6. The number of sulfonamides is 1. The van der Waals surface area contributed by atoms with Crippen molar-refractivity contribution in [2.24, 2.45) is 0 Å². The van der Waals surface area contributed by atoms with Gasteiger partial charge in [-0.1, -0.05) is 6.07 Å². The summed E-state index contributed by atoms with van der Waals surface area (Å²) in [6.07, 6.45) is 0. The van der Waals surface area contributed by atoms with E-state index in [2.05, 4.69) is 15.7 Å². The largest absolute Gasteiger partial charge is 0.379 e. The lowest BCUT2D eigenvalue weighted by molar-refractivity contribution is -0.116. The molecular formula is C19H25N5O5S. The molecule has 0 bridgehead atoms. The van der Waals surface area contributed by atoms with Gasteiger partial charge in [0.1, 0.15) is 11.4 Å². The summed E-state index contributed by atoms with van der Waals surface area (Å²) in [5.41, 5.74) is 1.62. The number of aromatic nitrogens is 2. The van der Waals surface area contributed by atoms with Crippen molar-refractivity contribution in [2.75, 3.05) is 38.7 Å². The first-order chi connectivity index (χ1) is 14.2. The fourth-order valence-corrected chi connectivity index (χ4v) is 5.12. The zero-order chi connectivity index (χ0) is 21.9. The molecular weight excluding hydrogens is 410 g/mol. The van der Waals surface area contributed by atoms with Crippen LogP contribution in [0.25, 0.3) is 0 Å². The summed E-state index contributed by atoms with van der Waals surface area (Å²) >= 11 is 0. The number of carbonyl (C=O) groups excluding carboxylic acids is 2. The first-order valence-corrected chi connectivity index (χ1v) is 10.9. The van der Waals surface area contributed by atoms with Crippen LogP contribution in [0.3, 0.4) is 0 Å². The molecule has 1 aliphatic heterocycles. The molecule has 2 aromatic rings. The normalized spacial score (nSPS) is 15.0. The molecule has 2 amide bonds. The van der Waals surface area contributed by atoms with E-state index in [9.17, 15) is 18.0 Å². The van der Waals surface area contributed by atoms with Crippen LogP contribution in [-0.2, 0) is 26.1 Å². The molecule has 11 heteroatoms. The number of rotatable bonds is 6. The maximum absolute atomic E-state index is 13.0. The number of nitrogens with zero attached hydrogens (tertiary/aromatic N) is 3. The minimum atomic E-state index is -3.72. The van der Waals surface area contributed by atoms with E-state index in [-0.39, 0.29) is 36.3 Å². The van der Waals surface area contributed by atoms with E-state index in [1.54, 1.807) is 38.1 Å². The topological polar surface area (TPSA) is 123 Å². The molecule has 3 rings (SSSR count). The summed E-state index contributed by atoms with van der Waals surface area (Å²) in [7, 11) is -2.19. The molecule has 0 radical (unpaired) electrons. The highest BCUT2D eigenvalue weighted by Crippen LogP contribution is 2.24. The Morgan fingerprint density at radius 2 is 1.90 bits per heavy atom. The van der Waals surface area contributed by atoms with Crippen molar-refractivity contribution >= 4 is 27.5 Å². The predicted octanol–water partition coefficient (Wildman–Crippen LogP) is 0.519. The van der Waals surface area contributed by atoms with E-state index in [0.29, 0.717) is 35.9 Å². The smallest absolute Gasteiger partial charge is 0.251 e. The molecule has 0 spiro atoms. The Labute approximate surface area is 175 Å². The minimum absolute atomic E-state index is 0.124. The van der Waals surface area contributed by atoms with Gasteiger partial charge in [-0.05, 0) is 32.0 Å². The van der Waals surface area contributed by atoms with Crippen molar-refractivity contribution in [1.82, 2.24) is 19.4 Å². The van der Waals surface area contributed by atoms with E-state index in [1.165, 1.54) is 16.0 Å². The number of nitrogens with one attached hydrogen (secondary N) is 2. The third-order valence-corrected chi connectivity index (χ3v) is 6.96. The van der Waals surface area contributed by atoms with Crippen molar-refractivity contribution in [1.29, 1.82) is 0 Å². The lowest BCUT2D eigenvalue weighted by atomic mass is 10.2. The molecule has 2 N–H and O–H groups in total. The van der Waals surface area contributed by atoms with Gasteiger partial charge in [0.25, 0.3) is 5.91 Å². The molecule has 10 nitrogen and oxygen atoms in total. The second-order valence-corrected chi connectivity index (χ2v) is 8.76. The molecule has 1 aromatic heterocycles. The van der Waals surface area contributed by atoms with E-state index in [1.807, 2.05) is 0 Å². The Balaban J connectivity index is 1.77. The molecule has 0 saturated carbocycles. The number of benzene rings is 1. The maximum atomic E-state index is 13.0. The second kappa shape index (κ2) is 8.94. The number of carbonyl (C=O) groups is 2. The van der Waals surface area contributed by atoms with Gasteiger partial charge in [-0.15, -0.1) is 0 Å². The van der Waals surface area contributed by atoms with Gasteiger partial charge in [0.05, 0.1) is 24.6 Å². The molecule has 30 heavy (non-hydrogen) atoms. The van der Waals surface area contributed by atoms with Gasteiger partial charge in [-0.3, -0.25) is 14.3 Å². The quantitative estimate of drug-likeness (QED) is 0.682. The van der Waals surface area contributed by atoms with Crippen molar-refractivity contribution in [3.63, 3.8) is 0 Å². The molecule has 0 atom stereocenters. The summed E-state index contributed by atoms with van der Waals surface area (Å²) in [4.78, 5) is 24.4. The van der Waals surface area contributed by atoms with E-state index < -0.39 is 10.0 Å². The molecule has 1 aromatic carbocycles. The molecule has 0 unspecified atom stereocenters. The number of aryl methyl sites for hydroxylation is 1. The Morgan fingerprint density at radius 3 is 2.57 bits per heavy atom. The lowest BCUT2D eigenvalue weighted by Gasteiger charge is -2.26. The molecule has 1 fully saturated rings. The van der Waals surface area contributed by atoms with Gasteiger partial charge in [0.15, 0.2) is 0 Å². The molecule has 162 valence electrons. The average Bonchev–Trinajstić information content (AvgIpc) is 3.01. The first-order valence-electron chi connectivity index (χ1n) is 9.48. The SMILES string of the molecule is CNC(=O)c1cccc(NC(=O)Cn2nc(C)c(S(=O)(=O)N3CCOCC3)c2C)c1. The fraction of sp³-hybridized carbons (Fsp3) is 0.421. The number of hydrogen-bond donors (Lipinski definition) is 2. The fourth-order valence-electron chi connectivity index (χ4n) is 3.34. The second-order valence-electron chi connectivity index (χ2n) is 6.88. The number of ether oxygens (including phenoxy) is 1. The van der Waals surface area contributed by atoms with Crippen molar-refractivity contribution in [2.45, 2.75) is 25.3 Å². The van der Waals surface area contributed by atoms with Crippen molar-refractivity contribution < 1.29 is 22.7 Å². The summed E-state index contributed by atoms with van der Waals surface area (Å²) in [5, 5.41) is 9.50. The monoisotopic (exact) mass is 435 g/mol. The van der Waals surface area contributed by atoms with Crippen molar-refractivity contribution in [3.8, 4) is 0 Å². The number of morpholine rings is 1. The van der Waals surface area contributed by atoms with Gasteiger partial charge < -0.3 is 15.4 Å². The van der Waals surface area contributed by atoms with Crippen LogP contribution in [0.5, 0.6) is 0 Å². The van der Waals surface area contributed by atoms with Crippen LogP contribution in [0.4, 0.5) is 5.69 Å². The van der Waals surface area contributed by atoms with Crippen LogP contribution in [-0.4, -0.2) is 67.7 Å². The van der Waals surface area contributed by atoms with Crippen molar-refractivity contribution in [3.05, 3.63) is 41.2 Å². The van der Waals surface area contributed by atoms with E-state index in [0.717, 1.165) is 0 Å². The molecule has 1 saturated heterocycles. The summed E-state index contributed by atoms with van der Waals surface area (Å²) < 4.78 is 34.0. The first kappa shape index (κ1) is 21.9. The molecule has 0 aliphatic carbocycles. The maximum Gasteiger partial charge on any atom is 0.251 e. The van der Waals surface area contributed by atoms with E-state index in [4.69, 9.17) is 4.74 Å². The van der Waals surface area contributed by atoms with Gasteiger partial charge in [-0.25, -0.2) is 8.42 Å². The Hall–Kier alpha value is -2.76. The lowest BCUT2D eigenvalue weighted by Crippen LogP contribution is -2.41. The zero-order valence-corrected chi connectivity index (χ0v) is 18.0. The van der Waals surface area contributed by atoms with Crippen LogP contribution in [0.2, 0.25) is 0 Å². The van der Waals surface area contributed by atoms with Crippen LogP contribution in [0, 0.1) is 13.8 Å². The highest BCUT2D eigenvalue weighted by molar-refractivity contribution is 7.89. The minimum Gasteiger partial charge on any atom is -0.379 e. The number of amides is 2. The third kappa shape index (κ3) is 4.53. The van der Waals surface area contributed by atoms with Gasteiger partial charge in [0, 0.05) is 31.4 Å². The summed E-state index contributed by atoms with van der Waals surface area (Å²) in [6, 6.07) is 6.53. The van der Waals surface area contributed by atoms with Crippen LogP contribution in [0.1, 0.15) is 21.7 Å². The average molecular weight is 436 g/mol. The highest BCUT2D eigenvalue weighted by Gasteiger charge is 2.32. The molecule has 2 heterocycles. The van der Waals surface area contributed by atoms with Gasteiger partial charge >= 0.3 is 0 Å². The van der Waals surface area contributed by atoms with E-state index >= 15 is 0 Å². The van der Waals surface area contributed by atoms with Crippen LogP contribution in [0.15, 0.2) is 29.2 Å². The standard InChI is InChI=1S/C19H25N5O5S/c1-13-18(30(27,28)23-7-9-29-10-8-23)14(2)24(22-13)12-17(25)21-16-6-4-5-15(11-16)19(26)20-3/h4-6,11H,7-10,12H2,1-3H3,(H,20,26)(H,21,25). The Bertz CT molecular complexity index is 1060. The van der Waals surface area contributed by atoms with Crippen LogP contribution >= 0.6 is 0 Å².